The van der Waals surface area contributed by atoms with Gasteiger partial charge in [0.25, 0.3) is 5.91 Å². The van der Waals surface area contributed by atoms with E-state index in [0.717, 1.165) is 22.6 Å². The van der Waals surface area contributed by atoms with Gasteiger partial charge >= 0.3 is 4.87 Å². The maximum Gasteiger partial charge on any atom is 0.307 e. The Kier molecular flexibility index (Phi) is 7.83. The maximum absolute atomic E-state index is 11.9. The number of nitrogens with one attached hydrogen (secondary N) is 2. The number of hydrazine groups is 1. The molecule has 3 rings (SSSR count). The number of amides is 2. The van der Waals surface area contributed by atoms with Crippen molar-refractivity contribution in [3.05, 3.63) is 80.9 Å². The highest BCUT2D eigenvalue weighted by Crippen LogP contribution is 2.18. The lowest BCUT2D eigenvalue weighted by Crippen LogP contribution is -2.44. The molecule has 0 bridgehead atoms. The second-order valence-electron chi connectivity index (χ2n) is 6.68. The average molecular weight is 442 g/mol. The van der Waals surface area contributed by atoms with Crippen LogP contribution in [-0.2, 0) is 22.7 Å². The van der Waals surface area contributed by atoms with E-state index < -0.39 is 11.8 Å². The molecular weight excluding hydrogens is 418 g/mol. The van der Waals surface area contributed by atoms with Crippen molar-refractivity contribution >= 4 is 23.2 Å². The molecule has 0 spiro atoms. The van der Waals surface area contributed by atoms with Crippen molar-refractivity contribution in [2.45, 2.75) is 26.5 Å². The Balaban J connectivity index is 1.34. The summed E-state index contributed by atoms with van der Waals surface area (Å²) < 4.78 is 12.6. The predicted octanol–water partition coefficient (Wildman–Crippen LogP) is 2.41. The van der Waals surface area contributed by atoms with E-state index in [2.05, 4.69) is 10.9 Å². The van der Waals surface area contributed by atoms with Gasteiger partial charge in [0.15, 0.2) is 6.61 Å². The number of hydrogen-bond acceptors (Lipinski definition) is 6. The fraction of sp³-hybridized carbons (Fsp3) is 0.227. The van der Waals surface area contributed by atoms with Crippen LogP contribution in [0.3, 0.4) is 0 Å². The number of aryl methyl sites for hydroxylation is 1. The van der Waals surface area contributed by atoms with E-state index in [1.165, 1.54) is 4.57 Å². The minimum absolute atomic E-state index is 0.0725. The molecule has 3 aromatic rings. The zero-order valence-corrected chi connectivity index (χ0v) is 17.8. The second kappa shape index (κ2) is 11.0. The molecule has 0 unspecified atom stereocenters. The van der Waals surface area contributed by atoms with Crippen molar-refractivity contribution in [2.75, 3.05) is 6.61 Å². The zero-order chi connectivity index (χ0) is 22.1. The number of carbonyl (C=O) groups excluding carboxylic acids is 2. The second-order valence-corrected chi connectivity index (χ2v) is 7.50. The molecule has 2 amide bonds. The summed E-state index contributed by atoms with van der Waals surface area (Å²) in [5.74, 6) is 0.293. The standard InChI is InChI=1S/C22H23N3O5S/c1-16-15-31-22(28)25(16)12-11-20(26)23-24-21(27)14-30-19-9-7-18(8-10-19)29-13-17-5-3-2-4-6-17/h2-10,15H,11-14H2,1H3,(H,23,26)(H,24,27). The van der Waals surface area contributed by atoms with Crippen LogP contribution in [0.2, 0.25) is 0 Å². The molecule has 2 aromatic carbocycles. The van der Waals surface area contributed by atoms with E-state index in [-0.39, 0.29) is 24.4 Å². The molecule has 2 N–H and O–H groups in total. The molecule has 31 heavy (non-hydrogen) atoms. The zero-order valence-electron chi connectivity index (χ0n) is 17.0. The smallest absolute Gasteiger partial charge is 0.307 e. The van der Waals surface area contributed by atoms with E-state index in [9.17, 15) is 14.4 Å². The highest BCUT2D eigenvalue weighted by atomic mass is 32.1. The number of aromatic nitrogens is 1. The first kappa shape index (κ1) is 22.1. The predicted molar refractivity (Wildman–Crippen MR) is 117 cm³/mol. The van der Waals surface area contributed by atoms with Gasteiger partial charge in [-0.25, -0.2) is 0 Å². The Morgan fingerprint density at radius 3 is 2.23 bits per heavy atom. The molecule has 0 aliphatic heterocycles. The van der Waals surface area contributed by atoms with E-state index in [1.54, 1.807) is 36.6 Å². The van der Waals surface area contributed by atoms with Gasteiger partial charge in [-0.2, -0.15) is 0 Å². The molecule has 0 saturated carbocycles. The van der Waals surface area contributed by atoms with Crippen molar-refractivity contribution in [2.24, 2.45) is 0 Å². The summed E-state index contributed by atoms with van der Waals surface area (Å²) in [5, 5.41) is 1.74. The summed E-state index contributed by atoms with van der Waals surface area (Å²) in [5.41, 5.74) is 6.47. The maximum atomic E-state index is 11.9. The molecule has 0 saturated heterocycles. The van der Waals surface area contributed by atoms with Crippen LogP contribution in [0, 0.1) is 6.92 Å². The van der Waals surface area contributed by atoms with E-state index >= 15 is 0 Å². The van der Waals surface area contributed by atoms with Crippen molar-refractivity contribution in [3.8, 4) is 11.5 Å². The number of benzene rings is 2. The minimum atomic E-state index is -0.498. The summed E-state index contributed by atoms with van der Waals surface area (Å²) in [6.45, 7) is 2.26. The van der Waals surface area contributed by atoms with E-state index in [0.29, 0.717) is 18.1 Å². The highest BCUT2D eigenvalue weighted by molar-refractivity contribution is 7.07. The molecule has 162 valence electrons. The van der Waals surface area contributed by atoms with Crippen molar-refractivity contribution in [1.82, 2.24) is 15.4 Å². The van der Waals surface area contributed by atoms with Crippen LogP contribution in [0.4, 0.5) is 0 Å². The number of hydrogen-bond donors (Lipinski definition) is 2. The monoisotopic (exact) mass is 441 g/mol. The third-order valence-corrected chi connectivity index (χ3v) is 5.20. The molecule has 1 heterocycles. The fourth-order valence-corrected chi connectivity index (χ4v) is 3.41. The summed E-state index contributed by atoms with van der Waals surface area (Å²) >= 11 is 1.09. The molecule has 0 aliphatic rings. The Labute approximate surface area is 183 Å². The van der Waals surface area contributed by atoms with Crippen LogP contribution in [0.1, 0.15) is 17.7 Å². The molecule has 0 radical (unpaired) electrons. The summed E-state index contributed by atoms with van der Waals surface area (Å²) in [6, 6.07) is 16.7. The largest absolute Gasteiger partial charge is 0.489 e. The third kappa shape index (κ3) is 7.00. The van der Waals surface area contributed by atoms with Gasteiger partial charge in [-0.05, 0) is 36.8 Å². The Morgan fingerprint density at radius 2 is 1.58 bits per heavy atom. The number of rotatable bonds is 9. The van der Waals surface area contributed by atoms with E-state index in [1.807, 2.05) is 30.3 Å². The van der Waals surface area contributed by atoms with Crippen molar-refractivity contribution < 1.29 is 19.1 Å². The number of thiazole rings is 1. The first-order valence-electron chi connectivity index (χ1n) is 9.63. The number of nitrogens with zero attached hydrogens (tertiary/aromatic N) is 1. The summed E-state index contributed by atoms with van der Waals surface area (Å²) in [7, 11) is 0. The lowest BCUT2D eigenvalue weighted by molar-refractivity contribution is -0.130. The third-order valence-electron chi connectivity index (χ3n) is 4.32. The summed E-state index contributed by atoms with van der Waals surface area (Å²) in [4.78, 5) is 35.2. The fourth-order valence-electron chi connectivity index (χ4n) is 2.65. The average Bonchev–Trinajstić information content (AvgIpc) is 3.12. The van der Waals surface area contributed by atoms with Gasteiger partial charge in [0, 0.05) is 24.0 Å². The van der Waals surface area contributed by atoms with Crippen molar-refractivity contribution in [3.63, 3.8) is 0 Å². The Hall–Kier alpha value is -3.59. The minimum Gasteiger partial charge on any atom is -0.489 e. The number of carbonyl (C=O) groups is 2. The molecule has 0 atom stereocenters. The SMILES string of the molecule is Cc1csc(=O)n1CCC(=O)NNC(=O)COc1ccc(OCc2ccccc2)cc1. The Bertz CT molecular complexity index is 1060. The molecular formula is C22H23N3O5S. The quantitative estimate of drug-likeness (QED) is 0.497. The Morgan fingerprint density at radius 1 is 0.935 bits per heavy atom. The van der Waals surface area contributed by atoms with Gasteiger partial charge in [0.2, 0.25) is 5.91 Å². The molecule has 8 nitrogen and oxygen atoms in total. The van der Waals surface area contributed by atoms with Gasteiger partial charge in [-0.3, -0.25) is 25.2 Å². The normalized spacial score (nSPS) is 10.4. The molecule has 9 heteroatoms. The summed E-state index contributed by atoms with van der Waals surface area (Å²) in [6.07, 6.45) is 0.0725. The topological polar surface area (TPSA) is 98.7 Å². The molecule has 0 fully saturated rings. The van der Waals surface area contributed by atoms with Gasteiger partial charge in [-0.15, -0.1) is 0 Å². The van der Waals surface area contributed by atoms with Crippen LogP contribution in [-0.4, -0.2) is 23.0 Å². The van der Waals surface area contributed by atoms with Crippen LogP contribution in [0.15, 0.2) is 64.8 Å². The first-order chi connectivity index (χ1) is 15.0. The van der Waals surface area contributed by atoms with Gasteiger partial charge in [-0.1, -0.05) is 41.7 Å². The highest BCUT2D eigenvalue weighted by Gasteiger charge is 2.08. The van der Waals surface area contributed by atoms with Gasteiger partial charge in [0.1, 0.15) is 18.1 Å². The van der Waals surface area contributed by atoms with Crippen molar-refractivity contribution in [1.29, 1.82) is 0 Å². The van der Waals surface area contributed by atoms with Gasteiger partial charge in [0.05, 0.1) is 0 Å². The van der Waals surface area contributed by atoms with Crippen LogP contribution in [0.25, 0.3) is 0 Å². The molecule has 1 aromatic heterocycles. The van der Waals surface area contributed by atoms with Crippen LogP contribution in [0.5, 0.6) is 11.5 Å². The van der Waals surface area contributed by atoms with Crippen LogP contribution < -0.4 is 25.2 Å². The number of ether oxygens (including phenoxy) is 2. The van der Waals surface area contributed by atoms with E-state index in [4.69, 9.17) is 9.47 Å². The molecule has 0 aliphatic carbocycles. The first-order valence-corrected chi connectivity index (χ1v) is 10.5. The van der Waals surface area contributed by atoms with Crippen LogP contribution >= 0.6 is 11.3 Å². The lowest BCUT2D eigenvalue weighted by Gasteiger charge is -2.10. The lowest BCUT2D eigenvalue weighted by atomic mass is 10.2. The van der Waals surface area contributed by atoms with Gasteiger partial charge < -0.3 is 14.0 Å².